The van der Waals surface area contributed by atoms with E-state index in [4.69, 9.17) is 0 Å². The summed E-state index contributed by atoms with van der Waals surface area (Å²) in [4.78, 5) is 19.3. The Bertz CT molecular complexity index is 147. The van der Waals surface area contributed by atoms with Crippen molar-refractivity contribution in [1.29, 1.82) is 0 Å². The van der Waals surface area contributed by atoms with Gasteiger partial charge in [-0.15, -0.1) is 0 Å². The fraction of sp³-hybridized carbons (Fsp3) is 0.800. The van der Waals surface area contributed by atoms with Crippen LogP contribution in [-0.4, -0.2) is 31.7 Å². The number of rotatable bonds is 6. The molecule has 0 saturated heterocycles. The number of carboxylic acid groups (broad SMARTS) is 2. The molecule has 6 heteroatoms. The van der Waals surface area contributed by atoms with Gasteiger partial charge < -0.3 is 32.2 Å². The second-order valence-electron chi connectivity index (χ2n) is 2.95. The molecule has 0 heterocycles. The van der Waals surface area contributed by atoms with E-state index in [0.29, 0.717) is 0 Å². The predicted octanol–water partition coefficient (Wildman–Crippen LogP) is -3.52. The first-order valence-electron chi connectivity index (χ1n) is 4.94. The predicted molar refractivity (Wildman–Crippen MR) is 54.8 cm³/mol. The molecule has 0 rings (SSSR count). The van der Waals surface area contributed by atoms with Crippen molar-refractivity contribution in [3.05, 3.63) is 0 Å². The first-order chi connectivity index (χ1) is 6.54. The van der Waals surface area contributed by atoms with Crippen molar-refractivity contribution in [2.75, 3.05) is 0 Å². The Balaban J connectivity index is -0.0000000800. The van der Waals surface area contributed by atoms with Crippen molar-refractivity contribution in [3.63, 3.8) is 0 Å². The molecule has 0 aliphatic rings. The zero-order valence-corrected chi connectivity index (χ0v) is 13.0. The smallest absolute Gasteiger partial charge is 1.00 e. The first kappa shape index (κ1) is 24.9. The van der Waals surface area contributed by atoms with E-state index in [1.807, 2.05) is 13.8 Å². The van der Waals surface area contributed by atoms with E-state index < -0.39 is 11.9 Å². The molecule has 4 nitrogen and oxygen atoms in total. The number of unbranched alkanes of at least 4 members (excludes halogenated alkanes) is 2. The summed E-state index contributed by atoms with van der Waals surface area (Å²) in [5.41, 5.74) is 0. The standard InChI is InChI=1S/2C5H10O2.ClH.Ga/c2*1-2-3-4-5(6)7;;/h2*2-4H2,1H3,(H,6,7);1H;/q;;;+3/p-3. The molecule has 0 aliphatic carbocycles. The SMILES string of the molecule is CCCCC(=O)[O-].CCCCC(=O)[O-].[Cl-].[Ga+3]. The van der Waals surface area contributed by atoms with Crippen molar-refractivity contribution >= 4 is 31.7 Å². The van der Waals surface area contributed by atoms with Crippen LogP contribution < -0.4 is 22.6 Å². The van der Waals surface area contributed by atoms with E-state index in [1.165, 1.54) is 0 Å². The number of aliphatic carboxylic acids is 2. The third-order valence-electron chi connectivity index (χ3n) is 1.47. The van der Waals surface area contributed by atoms with E-state index in [1.54, 1.807) is 0 Å². The Morgan fingerprint density at radius 2 is 1.12 bits per heavy atom. The molecule has 0 radical (unpaired) electrons. The van der Waals surface area contributed by atoms with Crippen molar-refractivity contribution in [1.82, 2.24) is 0 Å². The van der Waals surface area contributed by atoms with E-state index >= 15 is 0 Å². The molecule has 0 unspecified atom stereocenters. The second kappa shape index (κ2) is 20.3. The maximum Gasteiger partial charge on any atom is 3.00 e. The van der Waals surface area contributed by atoms with Gasteiger partial charge in [-0.1, -0.05) is 26.7 Å². The van der Waals surface area contributed by atoms with E-state index in [9.17, 15) is 19.8 Å². The van der Waals surface area contributed by atoms with Gasteiger partial charge in [-0.2, -0.15) is 0 Å². The third kappa shape index (κ3) is 37.1. The Labute approximate surface area is 116 Å². The van der Waals surface area contributed by atoms with Crippen molar-refractivity contribution in [3.8, 4) is 0 Å². The summed E-state index contributed by atoms with van der Waals surface area (Å²) in [5, 5.41) is 19.3. The third-order valence-corrected chi connectivity index (χ3v) is 1.47. The number of halogens is 1. The molecule has 0 aromatic rings. The summed E-state index contributed by atoms with van der Waals surface area (Å²) in [6.07, 6.45) is 3.74. The molecule has 0 aromatic heterocycles. The summed E-state index contributed by atoms with van der Waals surface area (Å²) in [6, 6.07) is 0. The van der Waals surface area contributed by atoms with Crippen molar-refractivity contribution in [2.45, 2.75) is 52.4 Å². The minimum atomic E-state index is -0.943. The number of carboxylic acids is 2. The molecular formula is C10H18ClGaO4. The average Bonchev–Trinajstić information content (AvgIpc) is 2.12. The monoisotopic (exact) mass is 306 g/mol. The molecule has 0 spiro atoms. The van der Waals surface area contributed by atoms with Gasteiger partial charge in [-0.3, -0.25) is 0 Å². The summed E-state index contributed by atoms with van der Waals surface area (Å²) in [6.45, 7) is 3.89. The van der Waals surface area contributed by atoms with Gasteiger partial charge in [-0.25, -0.2) is 0 Å². The fourth-order valence-electron chi connectivity index (χ4n) is 0.642. The van der Waals surface area contributed by atoms with Crippen LogP contribution in [-0.2, 0) is 9.59 Å². The molecule has 0 fully saturated rings. The quantitative estimate of drug-likeness (QED) is 0.477. The molecule has 0 saturated carbocycles. The normalized spacial score (nSPS) is 7.62. The van der Waals surface area contributed by atoms with Crippen LogP contribution in [0.1, 0.15) is 52.4 Å². The van der Waals surface area contributed by atoms with Gasteiger partial charge in [0.1, 0.15) is 0 Å². The van der Waals surface area contributed by atoms with Crippen molar-refractivity contribution in [2.24, 2.45) is 0 Å². The summed E-state index contributed by atoms with van der Waals surface area (Å²) in [5.74, 6) is -1.89. The zero-order valence-electron chi connectivity index (χ0n) is 9.83. The van der Waals surface area contributed by atoms with Crippen LogP contribution in [0.15, 0.2) is 0 Å². The maximum atomic E-state index is 9.65. The molecule has 0 bridgehead atoms. The molecular weight excluding hydrogens is 289 g/mol. The largest absolute Gasteiger partial charge is 3.00 e. The van der Waals surface area contributed by atoms with Crippen LogP contribution >= 0.6 is 0 Å². The van der Waals surface area contributed by atoms with Gasteiger partial charge >= 0.3 is 19.8 Å². The molecule has 16 heavy (non-hydrogen) atoms. The first-order valence-corrected chi connectivity index (χ1v) is 4.94. The van der Waals surface area contributed by atoms with Crippen LogP contribution in [0, 0.1) is 0 Å². The molecule has 0 atom stereocenters. The van der Waals surface area contributed by atoms with Gasteiger partial charge in [-0.05, 0) is 25.7 Å². The fourth-order valence-corrected chi connectivity index (χ4v) is 0.642. The van der Waals surface area contributed by atoms with Gasteiger partial charge in [0.15, 0.2) is 0 Å². The van der Waals surface area contributed by atoms with E-state index in [2.05, 4.69) is 0 Å². The molecule has 0 N–H and O–H groups in total. The molecule has 92 valence electrons. The molecule has 0 aromatic carbocycles. The molecule has 0 amide bonds. The van der Waals surface area contributed by atoms with E-state index in [0.717, 1.165) is 25.7 Å². The minimum absolute atomic E-state index is 0. The number of hydrogen-bond acceptors (Lipinski definition) is 4. The van der Waals surface area contributed by atoms with Gasteiger partial charge in [0, 0.05) is 11.9 Å². The Hall–Kier alpha value is -0.134. The number of hydrogen-bond donors (Lipinski definition) is 0. The number of carbonyl (C=O) groups is 2. The topological polar surface area (TPSA) is 80.3 Å². The van der Waals surface area contributed by atoms with E-state index in [-0.39, 0.29) is 45.0 Å². The second-order valence-corrected chi connectivity index (χ2v) is 2.95. The van der Waals surface area contributed by atoms with Gasteiger partial charge in [0.2, 0.25) is 0 Å². The summed E-state index contributed by atoms with van der Waals surface area (Å²) >= 11 is 0. The molecule has 0 aliphatic heterocycles. The van der Waals surface area contributed by atoms with Crippen LogP contribution in [0.3, 0.4) is 0 Å². The number of carbonyl (C=O) groups excluding carboxylic acids is 2. The van der Waals surface area contributed by atoms with Crippen LogP contribution in [0.2, 0.25) is 0 Å². The van der Waals surface area contributed by atoms with Crippen LogP contribution in [0.4, 0.5) is 0 Å². The Kier molecular flexibility index (Phi) is 31.6. The average molecular weight is 307 g/mol. The zero-order chi connectivity index (χ0) is 11.4. The Morgan fingerprint density at radius 3 is 1.19 bits per heavy atom. The summed E-state index contributed by atoms with van der Waals surface area (Å²) in [7, 11) is 0. The summed E-state index contributed by atoms with van der Waals surface area (Å²) < 4.78 is 0. The van der Waals surface area contributed by atoms with Gasteiger partial charge in [0.25, 0.3) is 0 Å². The minimum Gasteiger partial charge on any atom is -1.00 e. The van der Waals surface area contributed by atoms with Crippen molar-refractivity contribution < 1.29 is 32.2 Å². The van der Waals surface area contributed by atoms with Crippen LogP contribution in [0.5, 0.6) is 0 Å². The maximum absolute atomic E-state index is 9.65. The Morgan fingerprint density at radius 1 is 0.875 bits per heavy atom. The van der Waals surface area contributed by atoms with Gasteiger partial charge in [0.05, 0.1) is 0 Å². The van der Waals surface area contributed by atoms with Crippen LogP contribution in [0.25, 0.3) is 0 Å².